The number of thiazole rings is 1. The monoisotopic (exact) mass is 471 g/mol. The van der Waals surface area contributed by atoms with Gasteiger partial charge in [0.25, 0.3) is 0 Å². The number of benzene rings is 2. The first-order valence-corrected chi connectivity index (χ1v) is 13.8. The molecule has 1 aliphatic heterocycles. The molecular formula is C29H45NS2. The summed E-state index contributed by atoms with van der Waals surface area (Å²) in [5.74, 6) is 3.00. The van der Waals surface area contributed by atoms with Crippen LogP contribution in [-0.2, 0) is 6.42 Å². The predicted octanol–water partition coefficient (Wildman–Crippen LogP) is 10.1. The van der Waals surface area contributed by atoms with Gasteiger partial charge in [0.1, 0.15) is 0 Å². The van der Waals surface area contributed by atoms with Crippen molar-refractivity contribution in [2.75, 3.05) is 0 Å². The van der Waals surface area contributed by atoms with E-state index in [1.165, 1.54) is 21.0 Å². The van der Waals surface area contributed by atoms with Crippen LogP contribution in [0.4, 0.5) is 0 Å². The molecule has 0 N–H and O–H groups in total. The van der Waals surface area contributed by atoms with Crippen LogP contribution in [0.25, 0.3) is 10.2 Å². The number of rotatable bonds is 2. The molecule has 0 radical (unpaired) electrons. The molecule has 3 heteroatoms. The Labute approximate surface area is 206 Å². The van der Waals surface area contributed by atoms with Crippen LogP contribution in [0, 0.1) is 17.8 Å². The van der Waals surface area contributed by atoms with Gasteiger partial charge in [-0.1, -0.05) is 99.6 Å². The van der Waals surface area contributed by atoms with E-state index in [0.717, 1.165) is 28.5 Å². The first-order chi connectivity index (χ1) is 15.0. The summed E-state index contributed by atoms with van der Waals surface area (Å²) in [6, 6.07) is 17.1. The maximum Gasteiger partial charge on any atom is 0.0963 e. The molecule has 4 rings (SSSR count). The summed E-state index contributed by atoms with van der Waals surface area (Å²) < 4.78 is 1.29. The number of fused-ring (bicyclic) bond motifs is 2. The lowest BCUT2D eigenvalue weighted by atomic mass is 10.0. The topological polar surface area (TPSA) is 12.9 Å². The molecule has 32 heavy (non-hydrogen) atoms. The lowest BCUT2D eigenvalue weighted by molar-refractivity contribution is 0.611. The average Bonchev–Trinajstić information content (AvgIpc) is 3.32. The minimum Gasteiger partial charge on any atom is -0.241 e. The maximum absolute atomic E-state index is 4.53. The van der Waals surface area contributed by atoms with Crippen molar-refractivity contribution in [3.05, 3.63) is 59.1 Å². The Hall–Kier alpha value is -1.32. The lowest BCUT2D eigenvalue weighted by Crippen LogP contribution is -2.08. The Kier molecular flexibility index (Phi) is 13.2. The molecule has 1 aliphatic rings. The number of hydrogen-bond acceptors (Lipinski definition) is 3. The van der Waals surface area contributed by atoms with Crippen molar-refractivity contribution in [3.63, 3.8) is 0 Å². The Balaban J connectivity index is 0.000000242. The van der Waals surface area contributed by atoms with Crippen molar-refractivity contribution in [1.82, 2.24) is 4.98 Å². The largest absolute Gasteiger partial charge is 0.241 e. The van der Waals surface area contributed by atoms with Gasteiger partial charge in [-0.05, 0) is 47.9 Å². The number of nitrogens with zero attached hydrogens (tertiary/aromatic N) is 1. The van der Waals surface area contributed by atoms with Crippen molar-refractivity contribution in [3.8, 4) is 0 Å². The summed E-state index contributed by atoms with van der Waals surface area (Å²) in [5.41, 5.74) is 2.67. The molecule has 178 valence electrons. The Morgan fingerprint density at radius 2 is 1.28 bits per heavy atom. The molecule has 0 saturated carbocycles. The molecule has 0 bridgehead atoms. The molecule has 1 unspecified atom stereocenters. The standard InChI is InChI=1S/C11H14S.C10H11NS.2C4H10/c1-8(2)11-7-9-5-3-4-6-10(9)12-11;1-7(2)10-11-8-5-3-4-6-9(8)12-10;2*1-4(2)3/h3-6,8,11H,7H2,1-2H3;3-7H,1-2H3;2*4H,1-3H3. The van der Waals surface area contributed by atoms with Crippen LogP contribution in [0.3, 0.4) is 0 Å². The third kappa shape index (κ3) is 11.0. The summed E-state index contributed by atoms with van der Waals surface area (Å²) in [5, 5.41) is 2.04. The average molecular weight is 472 g/mol. The molecule has 1 nitrogen and oxygen atoms in total. The maximum atomic E-state index is 4.53. The van der Waals surface area contributed by atoms with Gasteiger partial charge in [0.2, 0.25) is 0 Å². The summed E-state index contributed by atoms with van der Waals surface area (Å²) in [4.78, 5) is 6.03. The van der Waals surface area contributed by atoms with E-state index in [1.807, 2.05) is 17.8 Å². The zero-order valence-electron chi connectivity index (χ0n) is 22.0. The molecule has 3 aromatic rings. The van der Waals surface area contributed by atoms with Gasteiger partial charge in [-0.15, -0.1) is 23.1 Å². The second-order valence-corrected chi connectivity index (χ2v) is 12.7. The molecule has 2 heterocycles. The number of thioether (sulfide) groups is 1. The predicted molar refractivity (Wildman–Crippen MR) is 149 cm³/mol. The first-order valence-electron chi connectivity index (χ1n) is 12.1. The zero-order valence-corrected chi connectivity index (χ0v) is 23.6. The van der Waals surface area contributed by atoms with Crippen molar-refractivity contribution in [2.45, 2.75) is 91.7 Å². The van der Waals surface area contributed by atoms with Gasteiger partial charge >= 0.3 is 0 Å². The van der Waals surface area contributed by atoms with Gasteiger partial charge < -0.3 is 0 Å². The van der Waals surface area contributed by atoms with Gasteiger partial charge in [-0.3, -0.25) is 0 Å². The SMILES string of the molecule is CC(C)C.CC(C)C.CC(C)C1Cc2ccccc2S1.CC(C)c1nc2ccccc2s1. The van der Waals surface area contributed by atoms with Crippen LogP contribution >= 0.6 is 23.1 Å². The van der Waals surface area contributed by atoms with E-state index in [1.54, 1.807) is 16.9 Å². The first kappa shape index (κ1) is 28.7. The van der Waals surface area contributed by atoms with Crippen LogP contribution in [0.1, 0.15) is 85.7 Å². The van der Waals surface area contributed by atoms with Crippen LogP contribution in [-0.4, -0.2) is 10.2 Å². The molecule has 0 spiro atoms. The minimum atomic E-state index is 0.544. The highest BCUT2D eigenvalue weighted by Gasteiger charge is 2.23. The van der Waals surface area contributed by atoms with Gasteiger partial charge in [-0.2, -0.15) is 0 Å². The molecule has 0 amide bonds. The Morgan fingerprint density at radius 1 is 0.750 bits per heavy atom. The Bertz CT molecular complexity index is 823. The Morgan fingerprint density at radius 3 is 1.78 bits per heavy atom. The van der Waals surface area contributed by atoms with E-state index in [4.69, 9.17) is 0 Å². The lowest BCUT2D eigenvalue weighted by Gasteiger charge is -2.11. The molecule has 0 saturated heterocycles. The number of para-hydroxylation sites is 1. The van der Waals surface area contributed by atoms with Gasteiger partial charge in [0.15, 0.2) is 0 Å². The molecular weight excluding hydrogens is 426 g/mol. The highest BCUT2D eigenvalue weighted by Crippen LogP contribution is 2.39. The van der Waals surface area contributed by atoms with Crippen LogP contribution < -0.4 is 0 Å². The van der Waals surface area contributed by atoms with Crippen LogP contribution in [0.5, 0.6) is 0 Å². The van der Waals surface area contributed by atoms with Gasteiger partial charge in [-0.25, -0.2) is 4.98 Å². The quantitative estimate of drug-likeness (QED) is 0.368. The molecule has 1 aromatic heterocycles. The zero-order chi connectivity index (χ0) is 24.3. The fourth-order valence-electron chi connectivity index (χ4n) is 2.72. The fourth-order valence-corrected chi connectivity index (χ4v) is 5.01. The normalized spacial score (nSPS) is 14.5. The van der Waals surface area contributed by atoms with Gasteiger partial charge in [0.05, 0.1) is 15.2 Å². The minimum absolute atomic E-state index is 0.544. The summed E-state index contributed by atoms with van der Waals surface area (Å²) in [6.45, 7) is 22.0. The number of aromatic nitrogens is 1. The van der Waals surface area contributed by atoms with Crippen molar-refractivity contribution >= 4 is 33.3 Å². The summed E-state index contributed by atoms with van der Waals surface area (Å²) >= 11 is 3.84. The van der Waals surface area contributed by atoms with Gasteiger partial charge in [0, 0.05) is 16.1 Å². The smallest absolute Gasteiger partial charge is 0.0963 e. The third-order valence-corrected chi connectivity index (χ3v) is 7.22. The van der Waals surface area contributed by atoms with Crippen molar-refractivity contribution in [1.29, 1.82) is 0 Å². The molecule has 0 fully saturated rings. The second kappa shape index (κ2) is 14.8. The second-order valence-electron chi connectivity index (χ2n) is 10.4. The fraction of sp³-hybridized carbons (Fsp3) is 0.552. The summed E-state index contributed by atoms with van der Waals surface area (Å²) in [6.07, 6.45) is 1.26. The van der Waals surface area contributed by atoms with E-state index in [0.29, 0.717) is 5.92 Å². The van der Waals surface area contributed by atoms with E-state index < -0.39 is 0 Å². The summed E-state index contributed by atoms with van der Waals surface area (Å²) in [7, 11) is 0. The van der Waals surface area contributed by atoms with Crippen molar-refractivity contribution < 1.29 is 0 Å². The van der Waals surface area contributed by atoms with E-state index in [9.17, 15) is 0 Å². The molecule has 2 aromatic carbocycles. The number of hydrogen-bond donors (Lipinski definition) is 0. The molecule has 1 atom stereocenters. The van der Waals surface area contributed by atoms with E-state index in [2.05, 4.69) is 117 Å². The third-order valence-electron chi connectivity index (χ3n) is 4.22. The highest BCUT2D eigenvalue weighted by molar-refractivity contribution is 8.00. The van der Waals surface area contributed by atoms with Crippen LogP contribution in [0.2, 0.25) is 0 Å². The molecule has 0 aliphatic carbocycles. The van der Waals surface area contributed by atoms with E-state index >= 15 is 0 Å². The van der Waals surface area contributed by atoms with E-state index in [-0.39, 0.29) is 0 Å². The highest BCUT2D eigenvalue weighted by atomic mass is 32.2. The van der Waals surface area contributed by atoms with Crippen LogP contribution in [0.15, 0.2) is 53.4 Å². The van der Waals surface area contributed by atoms with Crippen molar-refractivity contribution in [2.24, 2.45) is 17.8 Å².